The standard InChI is InChI=1S/C26H24F3NO3/c27-26(28,29)22-13-5-4-12-21(22)24(30-15-7-14-23(30)25(31)32)19-10-6-11-20(16-19)33-17-18-8-2-1-3-9-18/h1-6,8-13,16,23-24H,7,14-15,17H2,(H,31,32). The van der Waals surface area contributed by atoms with Gasteiger partial charge in [-0.05, 0) is 47.7 Å². The molecule has 2 unspecified atom stereocenters. The average molecular weight is 455 g/mol. The molecule has 0 aromatic heterocycles. The van der Waals surface area contributed by atoms with E-state index in [0.29, 0.717) is 37.3 Å². The van der Waals surface area contributed by atoms with Crippen molar-refractivity contribution in [3.05, 3.63) is 101 Å². The molecule has 1 aliphatic heterocycles. The van der Waals surface area contributed by atoms with Gasteiger partial charge in [0.15, 0.2) is 0 Å². The van der Waals surface area contributed by atoms with Crippen LogP contribution in [0.2, 0.25) is 0 Å². The number of alkyl halides is 3. The molecule has 2 atom stereocenters. The molecule has 1 saturated heterocycles. The molecule has 0 saturated carbocycles. The summed E-state index contributed by atoms with van der Waals surface area (Å²) in [5.41, 5.74) is 0.803. The molecule has 3 aromatic carbocycles. The summed E-state index contributed by atoms with van der Waals surface area (Å²) in [7, 11) is 0. The Balaban J connectivity index is 1.74. The highest BCUT2D eigenvalue weighted by Gasteiger charge is 2.41. The van der Waals surface area contributed by atoms with E-state index >= 15 is 0 Å². The van der Waals surface area contributed by atoms with Crippen LogP contribution in [0.1, 0.15) is 41.1 Å². The number of carbonyl (C=O) groups is 1. The minimum absolute atomic E-state index is 0.0401. The molecule has 1 heterocycles. The van der Waals surface area contributed by atoms with Crippen LogP contribution in [-0.4, -0.2) is 28.6 Å². The van der Waals surface area contributed by atoms with E-state index in [9.17, 15) is 23.1 Å². The molecule has 3 aromatic rings. The van der Waals surface area contributed by atoms with Gasteiger partial charge in [0.2, 0.25) is 0 Å². The molecule has 0 radical (unpaired) electrons. The van der Waals surface area contributed by atoms with Gasteiger partial charge in [0.1, 0.15) is 18.4 Å². The monoisotopic (exact) mass is 455 g/mol. The number of ether oxygens (including phenoxy) is 1. The van der Waals surface area contributed by atoms with E-state index in [4.69, 9.17) is 4.74 Å². The van der Waals surface area contributed by atoms with Gasteiger partial charge in [0, 0.05) is 6.54 Å². The number of carboxylic acid groups (broad SMARTS) is 1. The number of hydrogen-bond donors (Lipinski definition) is 1. The van der Waals surface area contributed by atoms with E-state index in [1.54, 1.807) is 35.2 Å². The fraction of sp³-hybridized carbons (Fsp3) is 0.269. The minimum atomic E-state index is -4.56. The van der Waals surface area contributed by atoms with Crippen LogP contribution in [0, 0.1) is 0 Å². The highest BCUT2D eigenvalue weighted by atomic mass is 19.4. The van der Waals surface area contributed by atoms with Crippen LogP contribution in [0.5, 0.6) is 5.75 Å². The fourth-order valence-corrected chi connectivity index (χ4v) is 4.42. The Hall–Kier alpha value is -3.32. The number of nitrogens with zero attached hydrogens (tertiary/aromatic N) is 1. The van der Waals surface area contributed by atoms with Gasteiger partial charge in [-0.15, -0.1) is 0 Å². The van der Waals surface area contributed by atoms with E-state index in [1.165, 1.54) is 12.1 Å². The highest BCUT2D eigenvalue weighted by molar-refractivity contribution is 5.74. The maximum absolute atomic E-state index is 13.9. The van der Waals surface area contributed by atoms with Crippen LogP contribution in [0.3, 0.4) is 0 Å². The summed E-state index contributed by atoms with van der Waals surface area (Å²) >= 11 is 0. The van der Waals surface area contributed by atoms with E-state index < -0.39 is 29.8 Å². The number of halogens is 3. The van der Waals surface area contributed by atoms with Gasteiger partial charge in [0.05, 0.1) is 11.6 Å². The second kappa shape index (κ2) is 9.67. The number of carboxylic acids is 1. The zero-order valence-electron chi connectivity index (χ0n) is 17.8. The number of hydrogen-bond acceptors (Lipinski definition) is 3. The van der Waals surface area contributed by atoms with Crippen LogP contribution in [0.25, 0.3) is 0 Å². The first-order chi connectivity index (χ1) is 15.8. The topological polar surface area (TPSA) is 49.8 Å². The van der Waals surface area contributed by atoms with Crippen molar-refractivity contribution in [3.63, 3.8) is 0 Å². The summed E-state index contributed by atoms with van der Waals surface area (Å²) in [6.07, 6.45) is -3.56. The second-order valence-electron chi connectivity index (χ2n) is 8.07. The van der Waals surface area contributed by atoms with Gasteiger partial charge >= 0.3 is 12.1 Å². The van der Waals surface area contributed by atoms with Crippen LogP contribution in [-0.2, 0) is 17.6 Å². The maximum atomic E-state index is 13.9. The third kappa shape index (κ3) is 5.20. The Morgan fingerprint density at radius 1 is 1.03 bits per heavy atom. The number of benzene rings is 3. The summed E-state index contributed by atoms with van der Waals surface area (Å²) in [5, 5.41) is 9.73. The summed E-state index contributed by atoms with van der Waals surface area (Å²) in [6, 6.07) is 20.1. The van der Waals surface area contributed by atoms with Crippen molar-refractivity contribution in [2.45, 2.75) is 37.7 Å². The van der Waals surface area contributed by atoms with Gasteiger partial charge in [-0.3, -0.25) is 9.69 Å². The predicted molar refractivity (Wildman–Crippen MR) is 118 cm³/mol. The molecule has 172 valence electrons. The second-order valence-corrected chi connectivity index (χ2v) is 8.07. The van der Waals surface area contributed by atoms with Crippen LogP contribution in [0.15, 0.2) is 78.9 Å². The zero-order chi connectivity index (χ0) is 23.4. The molecular formula is C26H24F3NO3. The molecule has 0 spiro atoms. The lowest BCUT2D eigenvalue weighted by Gasteiger charge is -2.33. The first-order valence-corrected chi connectivity index (χ1v) is 10.8. The molecule has 1 N–H and O–H groups in total. The van der Waals surface area contributed by atoms with Crippen molar-refractivity contribution in [1.29, 1.82) is 0 Å². The Morgan fingerprint density at radius 3 is 2.48 bits per heavy atom. The number of aliphatic carboxylic acids is 1. The predicted octanol–water partition coefficient (Wildman–Crippen LogP) is 5.92. The molecule has 7 heteroatoms. The van der Waals surface area contributed by atoms with Gasteiger partial charge < -0.3 is 9.84 Å². The largest absolute Gasteiger partial charge is 0.489 e. The van der Waals surface area contributed by atoms with E-state index in [0.717, 1.165) is 11.6 Å². The van der Waals surface area contributed by atoms with E-state index in [2.05, 4.69) is 0 Å². The summed E-state index contributed by atoms with van der Waals surface area (Å²) in [5.74, 6) is -0.518. The molecule has 0 bridgehead atoms. The normalized spacial score (nSPS) is 17.6. The van der Waals surface area contributed by atoms with Crippen molar-refractivity contribution in [3.8, 4) is 5.75 Å². The third-order valence-corrected chi connectivity index (χ3v) is 5.89. The van der Waals surface area contributed by atoms with Crippen molar-refractivity contribution in [1.82, 2.24) is 4.90 Å². The van der Waals surface area contributed by atoms with Gasteiger partial charge in [0.25, 0.3) is 0 Å². The molecule has 0 aliphatic carbocycles. The van der Waals surface area contributed by atoms with E-state index in [1.807, 2.05) is 30.3 Å². The fourth-order valence-electron chi connectivity index (χ4n) is 4.42. The Bertz CT molecular complexity index is 1100. The first kappa shape index (κ1) is 22.9. The maximum Gasteiger partial charge on any atom is 0.416 e. The van der Waals surface area contributed by atoms with E-state index in [-0.39, 0.29) is 5.56 Å². The average Bonchev–Trinajstić information content (AvgIpc) is 3.28. The van der Waals surface area contributed by atoms with Gasteiger partial charge in [-0.2, -0.15) is 13.2 Å². The van der Waals surface area contributed by atoms with Crippen LogP contribution >= 0.6 is 0 Å². The Labute approximate surface area is 190 Å². The highest BCUT2D eigenvalue weighted by Crippen LogP contribution is 2.42. The lowest BCUT2D eigenvalue weighted by Crippen LogP contribution is -2.39. The smallest absolute Gasteiger partial charge is 0.416 e. The number of likely N-dealkylation sites (tertiary alicyclic amines) is 1. The Kier molecular flexibility index (Phi) is 6.70. The lowest BCUT2D eigenvalue weighted by atomic mass is 9.92. The SMILES string of the molecule is O=C(O)C1CCCN1C(c1cccc(OCc2ccccc2)c1)c1ccccc1C(F)(F)F. The molecule has 1 aliphatic rings. The first-order valence-electron chi connectivity index (χ1n) is 10.8. The molecular weight excluding hydrogens is 431 g/mol. The zero-order valence-corrected chi connectivity index (χ0v) is 17.8. The summed E-state index contributed by atoms with van der Waals surface area (Å²) < 4.78 is 47.6. The summed E-state index contributed by atoms with van der Waals surface area (Å²) in [4.78, 5) is 13.6. The van der Waals surface area contributed by atoms with Crippen molar-refractivity contribution in [2.24, 2.45) is 0 Å². The quantitative estimate of drug-likeness (QED) is 0.480. The molecule has 33 heavy (non-hydrogen) atoms. The van der Waals surface area contributed by atoms with Gasteiger partial charge in [-0.25, -0.2) is 0 Å². The molecule has 4 nitrogen and oxygen atoms in total. The van der Waals surface area contributed by atoms with Crippen LogP contribution < -0.4 is 4.74 Å². The number of rotatable bonds is 7. The Morgan fingerprint density at radius 2 is 1.76 bits per heavy atom. The van der Waals surface area contributed by atoms with Crippen molar-refractivity contribution < 1.29 is 27.8 Å². The van der Waals surface area contributed by atoms with Crippen molar-refractivity contribution in [2.75, 3.05) is 6.54 Å². The summed E-state index contributed by atoms with van der Waals surface area (Å²) in [6.45, 7) is 0.707. The van der Waals surface area contributed by atoms with Crippen molar-refractivity contribution >= 4 is 5.97 Å². The third-order valence-electron chi connectivity index (χ3n) is 5.89. The van der Waals surface area contributed by atoms with Crippen LogP contribution in [0.4, 0.5) is 13.2 Å². The molecule has 0 amide bonds. The molecule has 4 rings (SSSR count). The lowest BCUT2D eigenvalue weighted by molar-refractivity contribution is -0.143. The molecule has 1 fully saturated rings. The van der Waals surface area contributed by atoms with Gasteiger partial charge in [-0.1, -0.05) is 60.7 Å². The minimum Gasteiger partial charge on any atom is -0.489 e.